The molecule has 2 bridgehead atoms. The fourth-order valence-corrected chi connectivity index (χ4v) is 5.08. The van der Waals surface area contributed by atoms with E-state index in [2.05, 4.69) is 18.0 Å². The van der Waals surface area contributed by atoms with Gasteiger partial charge in [0.25, 0.3) is 0 Å². The number of ketones is 1. The van der Waals surface area contributed by atoms with Gasteiger partial charge in [-0.15, -0.1) is 12.4 Å². The third kappa shape index (κ3) is 1.36. The van der Waals surface area contributed by atoms with Gasteiger partial charge in [-0.1, -0.05) is 12.1 Å². The second-order valence-electron chi connectivity index (χ2n) is 6.78. The van der Waals surface area contributed by atoms with Gasteiger partial charge in [-0.25, -0.2) is 0 Å². The molecule has 1 aromatic carbocycles. The Labute approximate surface area is 135 Å². The quantitative estimate of drug-likeness (QED) is 0.792. The zero-order valence-electron chi connectivity index (χ0n) is 12.3. The second-order valence-corrected chi connectivity index (χ2v) is 6.78. The number of benzene rings is 1. The van der Waals surface area contributed by atoms with E-state index in [-0.39, 0.29) is 29.4 Å². The maximum absolute atomic E-state index is 12.4. The number of nitrogens with zero attached hydrogens (tertiary/aromatic N) is 1. The Morgan fingerprint density at radius 3 is 3.05 bits per heavy atom. The number of carbonyl (C=O) groups is 1. The lowest BCUT2D eigenvalue weighted by Crippen LogP contribution is -2.64. The molecule has 1 spiro atoms. The minimum Gasteiger partial charge on any atom is -0.504 e. The Balaban J connectivity index is 0.00000125. The van der Waals surface area contributed by atoms with Crippen molar-refractivity contribution in [2.45, 2.75) is 30.4 Å². The van der Waals surface area contributed by atoms with Crippen molar-refractivity contribution in [2.24, 2.45) is 5.92 Å². The number of likely N-dealkylation sites (tertiary alicyclic amines) is 1. The molecular weight excluding hydrogens is 302 g/mol. The molecule has 5 rings (SSSR count). The van der Waals surface area contributed by atoms with Gasteiger partial charge in [-0.3, -0.25) is 4.79 Å². The number of carbonyl (C=O) groups excluding carboxylic acids is 1. The third-order valence-electron chi connectivity index (χ3n) is 6.00. The first kappa shape index (κ1) is 14.1. The first-order valence-electron chi connectivity index (χ1n) is 7.57. The number of likely N-dealkylation sites (N-methyl/N-ethyl adjacent to an activating group) is 1. The van der Waals surface area contributed by atoms with Crippen molar-refractivity contribution in [2.75, 3.05) is 13.6 Å². The van der Waals surface area contributed by atoms with Crippen LogP contribution in [0.1, 0.15) is 17.5 Å². The van der Waals surface area contributed by atoms with E-state index < -0.39 is 6.10 Å². The van der Waals surface area contributed by atoms with Gasteiger partial charge in [0, 0.05) is 17.5 Å². The standard InChI is InChI=1S/C17H17NO3.ClH/c1-18-7-6-17-10-3-5-13(20)16(17)21-15-12(19)4-2-9(14(15)17)8-11(10)18;/h2-5,10-11,16,19H,6-8H2,1H3;1H/t10-,11+,16-,17-;/m0./s1. The number of aromatic hydroxyl groups is 1. The van der Waals surface area contributed by atoms with E-state index in [9.17, 15) is 9.90 Å². The Kier molecular flexibility index (Phi) is 2.73. The SMILES string of the molecule is CN1CC[C@]23c4c5ccc(O)c4O[C@H]2C(=O)C=C[C@H]3[C@H]1C5.Cl. The molecular formula is C17H18ClNO3. The van der Waals surface area contributed by atoms with E-state index in [1.807, 2.05) is 6.07 Å². The van der Waals surface area contributed by atoms with Gasteiger partial charge in [0.1, 0.15) is 0 Å². The lowest BCUT2D eigenvalue weighted by Gasteiger charge is -2.55. The average Bonchev–Trinajstić information content (AvgIpc) is 2.83. The van der Waals surface area contributed by atoms with Crippen LogP contribution in [-0.2, 0) is 16.6 Å². The Morgan fingerprint density at radius 1 is 1.41 bits per heavy atom. The highest BCUT2D eigenvalue weighted by atomic mass is 35.5. The van der Waals surface area contributed by atoms with Crippen molar-refractivity contribution >= 4 is 18.2 Å². The Hall–Kier alpha value is -1.52. The van der Waals surface area contributed by atoms with Crippen LogP contribution in [0.4, 0.5) is 0 Å². The number of phenols is 1. The smallest absolute Gasteiger partial charge is 0.196 e. The topological polar surface area (TPSA) is 49.8 Å². The molecule has 4 aliphatic rings. The summed E-state index contributed by atoms with van der Waals surface area (Å²) in [7, 11) is 2.17. The summed E-state index contributed by atoms with van der Waals surface area (Å²) in [5.41, 5.74) is 2.09. The summed E-state index contributed by atoms with van der Waals surface area (Å²) < 4.78 is 5.99. The molecule has 1 fully saturated rings. The van der Waals surface area contributed by atoms with Crippen molar-refractivity contribution in [1.29, 1.82) is 0 Å². The van der Waals surface area contributed by atoms with Crippen LogP contribution in [0.2, 0.25) is 0 Å². The molecule has 1 N–H and O–H groups in total. The number of hydrogen-bond acceptors (Lipinski definition) is 4. The third-order valence-corrected chi connectivity index (χ3v) is 6.00. The number of rotatable bonds is 0. The van der Waals surface area contributed by atoms with Crippen molar-refractivity contribution in [1.82, 2.24) is 4.90 Å². The molecule has 1 aromatic rings. The van der Waals surface area contributed by atoms with E-state index in [4.69, 9.17) is 4.74 Å². The fraction of sp³-hybridized carbons (Fsp3) is 0.471. The molecule has 4 nitrogen and oxygen atoms in total. The van der Waals surface area contributed by atoms with Crippen LogP contribution in [0.15, 0.2) is 24.3 Å². The maximum Gasteiger partial charge on any atom is 0.196 e. The molecule has 2 aliphatic heterocycles. The summed E-state index contributed by atoms with van der Waals surface area (Å²) in [5, 5.41) is 10.2. The van der Waals surface area contributed by atoms with Crippen LogP contribution >= 0.6 is 12.4 Å². The molecule has 4 atom stereocenters. The van der Waals surface area contributed by atoms with Gasteiger partial charge >= 0.3 is 0 Å². The highest BCUT2D eigenvalue weighted by Gasteiger charge is 2.64. The molecule has 2 aliphatic carbocycles. The van der Waals surface area contributed by atoms with Crippen molar-refractivity contribution in [3.8, 4) is 11.5 Å². The van der Waals surface area contributed by atoms with E-state index in [1.165, 1.54) is 5.56 Å². The van der Waals surface area contributed by atoms with Crippen molar-refractivity contribution in [3.05, 3.63) is 35.4 Å². The van der Waals surface area contributed by atoms with Crippen molar-refractivity contribution < 1.29 is 14.6 Å². The predicted octanol–water partition coefficient (Wildman–Crippen LogP) is 1.83. The molecule has 2 heterocycles. The van der Waals surface area contributed by atoms with Crippen LogP contribution in [-0.4, -0.2) is 41.5 Å². The predicted molar refractivity (Wildman–Crippen MR) is 83.8 cm³/mol. The number of halogens is 1. The highest BCUT2D eigenvalue weighted by Crippen LogP contribution is 2.61. The van der Waals surface area contributed by atoms with Crippen LogP contribution in [0.25, 0.3) is 0 Å². The minimum absolute atomic E-state index is 0. The van der Waals surface area contributed by atoms with E-state index >= 15 is 0 Å². The molecule has 0 amide bonds. The van der Waals surface area contributed by atoms with Crippen LogP contribution in [0.5, 0.6) is 11.5 Å². The van der Waals surface area contributed by atoms with Gasteiger partial charge in [-0.2, -0.15) is 0 Å². The lowest BCUT2D eigenvalue weighted by atomic mass is 9.53. The molecule has 0 saturated carbocycles. The maximum atomic E-state index is 12.4. The molecule has 0 aromatic heterocycles. The highest BCUT2D eigenvalue weighted by molar-refractivity contribution is 5.98. The summed E-state index contributed by atoms with van der Waals surface area (Å²) in [6.45, 7) is 0.969. The summed E-state index contributed by atoms with van der Waals surface area (Å²) in [6, 6.07) is 4.13. The van der Waals surface area contributed by atoms with Gasteiger partial charge in [0.05, 0.1) is 5.41 Å². The minimum atomic E-state index is -0.453. The summed E-state index contributed by atoms with van der Waals surface area (Å²) in [4.78, 5) is 14.8. The van der Waals surface area contributed by atoms with Gasteiger partial charge in [0.2, 0.25) is 0 Å². The first-order chi connectivity index (χ1) is 10.1. The monoisotopic (exact) mass is 319 g/mol. The Bertz CT molecular complexity index is 716. The molecule has 22 heavy (non-hydrogen) atoms. The normalized spacial score (nSPS) is 37.3. The molecule has 0 radical (unpaired) electrons. The fourth-order valence-electron chi connectivity index (χ4n) is 5.08. The number of piperidine rings is 1. The van der Waals surface area contributed by atoms with E-state index in [0.29, 0.717) is 17.7 Å². The van der Waals surface area contributed by atoms with Crippen LogP contribution in [0, 0.1) is 5.92 Å². The molecule has 0 unspecified atom stereocenters. The zero-order valence-corrected chi connectivity index (χ0v) is 13.1. The molecule has 5 heteroatoms. The number of phenolic OH excluding ortho intramolecular Hbond substituents is 1. The van der Waals surface area contributed by atoms with Gasteiger partial charge in [0.15, 0.2) is 23.4 Å². The van der Waals surface area contributed by atoms with Gasteiger partial charge < -0.3 is 14.7 Å². The molecule has 116 valence electrons. The Morgan fingerprint density at radius 2 is 2.23 bits per heavy atom. The molecule has 1 saturated heterocycles. The summed E-state index contributed by atoms with van der Waals surface area (Å²) in [6.07, 6.45) is 5.19. The van der Waals surface area contributed by atoms with Crippen LogP contribution < -0.4 is 4.74 Å². The van der Waals surface area contributed by atoms with Crippen LogP contribution in [0.3, 0.4) is 0 Å². The summed E-state index contributed by atoms with van der Waals surface area (Å²) in [5.74, 6) is 1.07. The number of hydrogen-bond donors (Lipinski definition) is 1. The van der Waals surface area contributed by atoms with Gasteiger partial charge in [-0.05, 0) is 44.1 Å². The zero-order chi connectivity index (χ0) is 14.4. The second kappa shape index (κ2) is 4.27. The van der Waals surface area contributed by atoms with E-state index in [0.717, 1.165) is 24.9 Å². The van der Waals surface area contributed by atoms with E-state index in [1.54, 1.807) is 12.1 Å². The largest absolute Gasteiger partial charge is 0.504 e. The first-order valence-corrected chi connectivity index (χ1v) is 7.57. The summed E-state index contributed by atoms with van der Waals surface area (Å²) >= 11 is 0. The lowest BCUT2D eigenvalue weighted by molar-refractivity contribution is -0.127. The number of ether oxygens (including phenoxy) is 1. The van der Waals surface area contributed by atoms with Crippen molar-refractivity contribution in [3.63, 3.8) is 0 Å². The average molecular weight is 320 g/mol.